The number of methoxy groups -OCH3 is 1. The van der Waals surface area contributed by atoms with Crippen molar-refractivity contribution in [2.45, 2.75) is 71.6 Å². The molecular weight excluding hydrogens is 617 g/mol. The van der Waals surface area contributed by atoms with Crippen molar-refractivity contribution in [1.29, 1.82) is 0 Å². The lowest BCUT2D eigenvalue weighted by Gasteiger charge is -2.27. The Balaban J connectivity index is 1.40. The molecule has 2 aromatic carbocycles. The quantitative estimate of drug-likeness (QED) is 0.156. The number of rotatable bonds is 11. The number of aryl methyl sites for hydroxylation is 1. The highest BCUT2D eigenvalue weighted by atomic mass is 31.2. The van der Waals surface area contributed by atoms with Crippen molar-refractivity contribution in [2.75, 3.05) is 20.3 Å². The summed E-state index contributed by atoms with van der Waals surface area (Å²) in [5, 5.41) is 26.8. The Morgan fingerprint density at radius 3 is 2.63 bits per heavy atom. The Hall–Kier alpha value is -3.65. The van der Waals surface area contributed by atoms with Crippen LogP contribution in [0, 0.1) is 12.3 Å². The van der Waals surface area contributed by atoms with Gasteiger partial charge in [-0.05, 0) is 37.6 Å². The first-order chi connectivity index (χ1) is 21.6. The summed E-state index contributed by atoms with van der Waals surface area (Å²) in [6.07, 6.45) is -2.45. The molecule has 3 N–H and O–H groups in total. The average Bonchev–Trinajstić information content (AvgIpc) is 3.51. The van der Waals surface area contributed by atoms with Crippen molar-refractivity contribution >= 4 is 35.7 Å². The maximum Gasteiger partial charge on any atom is 0.459 e. The predicted molar refractivity (Wildman–Crippen MR) is 168 cm³/mol. The van der Waals surface area contributed by atoms with Crippen LogP contribution in [0.4, 0.5) is 0 Å². The molecule has 0 aliphatic carbocycles. The Kier molecular flexibility index (Phi) is 9.42. The number of hydrogen-bond acceptors (Lipinski definition) is 12. The highest BCUT2D eigenvalue weighted by Crippen LogP contribution is 2.48. The lowest BCUT2D eigenvalue weighted by atomic mass is 9.96. The second-order valence-corrected chi connectivity index (χ2v) is 14.4. The van der Waals surface area contributed by atoms with Gasteiger partial charge in [-0.2, -0.15) is 10.1 Å². The van der Waals surface area contributed by atoms with Gasteiger partial charge in [0, 0.05) is 5.39 Å². The molecule has 248 valence electrons. The molecule has 2 unspecified atom stereocenters. The molecule has 6 atom stereocenters. The van der Waals surface area contributed by atoms with Gasteiger partial charge in [0.05, 0.1) is 26.7 Å². The van der Waals surface area contributed by atoms with Crippen molar-refractivity contribution in [2.24, 2.45) is 5.41 Å². The molecule has 3 heterocycles. The fourth-order valence-corrected chi connectivity index (χ4v) is 6.58. The van der Waals surface area contributed by atoms with Crippen LogP contribution < -0.4 is 14.3 Å². The summed E-state index contributed by atoms with van der Waals surface area (Å²) in [4.78, 5) is 25.8. The van der Waals surface area contributed by atoms with Gasteiger partial charge in [-0.25, -0.2) is 14.5 Å². The van der Waals surface area contributed by atoms with Crippen molar-refractivity contribution in [3.63, 3.8) is 0 Å². The molecule has 0 radical (unpaired) electrons. The third-order valence-corrected chi connectivity index (χ3v) is 9.06. The van der Waals surface area contributed by atoms with Crippen molar-refractivity contribution < 1.29 is 42.8 Å². The number of nitrogens with one attached hydrogen (secondary N) is 1. The summed E-state index contributed by atoms with van der Waals surface area (Å²) in [5.74, 6) is 0.236. The van der Waals surface area contributed by atoms with E-state index in [0.29, 0.717) is 22.4 Å². The van der Waals surface area contributed by atoms with E-state index in [9.17, 15) is 19.6 Å². The van der Waals surface area contributed by atoms with E-state index < -0.39 is 50.4 Å². The van der Waals surface area contributed by atoms with E-state index in [-0.39, 0.29) is 23.7 Å². The van der Waals surface area contributed by atoms with Crippen LogP contribution in [0.15, 0.2) is 48.8 Å². The molecule has 0 spiro atoms. The van der Waals surface area contributed by atoms with Gasteiger partial charge < -0.3 is 28.9 Å². The standard InChI is InChI=1S/C31H40N5O9P/c1-18(28(38)42-16-30(3,4)5)35-46(40,45-22-14-10-12-20-11-8-9-13-21(20)22)43-15-23-25(37)31(6,39)29(44-23)36-17-32-24-26(36)33-19(2)34-27(24)41-7/h8-14,17-18,23,25,29,37,39H,15-16H2,1-7H3,(H,35,40)/t18-,23+,25+,29?,31+,46?/m0/s1. The molecule has 0 amide bonds. The van der Waals surface area contributed by atoms with Crippen LogP contribution in [-0.2, 0) is 23.4 Å². The SMILES string of the molecule is COc1nc(C)nc2c1ncn2C1O[C@H](COP(=O)(N[C@@H](C)C(=O)OCC(C)(C)C)Oc2cccc3ccccc23)[C@@H](O)[C@@]1(C)O. The molecule has 14 nitrogen and oxygen atoms in total. The molecule has 5 rings (SSSR count). The first-order valence-corrected chi connectivity index (χ1v) is 16.3. The van der Waals surface area contributed by atoms with E-state index in [1.165, 1.54) is 31.9 Å². The maximum atomic E-state index is 14.4. The molecule has 46 heavy (non-hydrogen) atoms. The van der Waals surface area contributed by atoms with Gasteiger partial charge in [0.1, 0.15) is 35.4 Å². The number of fused-ring (bicyclic) bond motifs is 2. The number of nitrogens with zero attached hydrogens (tertiary/aromatic N) is 4. The molecule has 1 aliphatic heterocycles. The minimum atomic E-state index is -4.36. The molecule has 1 saturated heterocycles. The number of carbonyl (C=O) groups is 1. The number of benzene rings is 2. The van der Waals surface area contributed by atoms with E-state index >= 15 is 0 Å². The van der Waals surface area contributed by atoms with Gasteiger partial charge in [0.2, 0.25) is 5.88 Å². The Morgan fingerprint density at radius 2 is 1.91 bits per heavy atom. The first kappa shape index (κ1) is 33.7. The number of aliphatic hydroxyl groups is 2. The number of esters is 1. The van der Waals surface area contributed by atoms with Crippen molar-refractivity contribution in [1.82, 2.24) is 24.6 Å². The van der Waals surface area contributed by atoms with Gasteiger partial charge in [0.25, 0.3) is 0 Å². The Labute approximate surface area is 266 Å². The highest BCUT2D eigenvalue weighted by Gasteiger charge is 2.54. The summed E-state index contributed by atoms with van der Waals surface area (Å²) in [6.45, 7) is 9.97. The Bertz CT molecular complexity index is 1770. The lowest BCUT2D eigenvalue weighted by molar-refractivity contribution is -0.148. The summed E-state index contributed by atoms with van der Waals surface area (Å²) >= 11 is 0. The molecule has 4 aromatic rings. The summed E-state index contributed by atoms with van der Waals surface area (Å²) < 4.78 is 44.5. The summed E-state index contributed by atoms with van der Waals surface area (Å²) in [7, 11) is -2.90. The predicted octanol–water partition coefficient (Wildman–Crippen LogP) is 4.08. The highest BCUT2D eigenvalue weighted by molar-refractivity contribution is 7.52. The second-order valence-electron chi connectivity index (χ2n) is 12.7. The average molecular weight is 658 g/mol. The second kappa shape index (κ2) is 12.9. The number of ether oxygens (including phenoxy) is 3. The summed E-state index contributed by atoms with van der Waals surface area (Å²) in [5.41, 5.74) is -1.48. The van der Waals surface area contributed by atoms with Crippen LogP contribution >= 0.6 is 7.75 Å². The number of imidazole rings is 1. The molecular formula is C31H40N5O9P. The van der Waals surface area contributed by atoms with Gasteiger partial charge in [-0.3, -0.25) is 13.9 Å². The smallest absolute Gasteiger partial charge is 0.459 e. The lowest BCUT2D eigenvalue weighted by Crippen LogP contribution is -2.44. The van der Waals surface area contributed by atoms with Crippen LogP contribution in [0.3, 0.4) is 0 Å². The third kappa shape index (κ3) is 7.02. The zero-order valence-electron chi connectivity index (χ0n) is 26.8. The van der Waals surface area contributed by atoms with E-state index in [4.69, 9.17) is 23.3 Å². The fourth-order valence-electron chi connectivity index (χ4n) is 5.05. The zero-order valence-corrected chi connectivity index (χ0v) is 27.7. The number of carbonyl (C=O) groups excluding carboxylic acids is 1. The zero-order chi connectivity index (χ0) is 33.4. The van der Waals surface area contributed by atoms with Crippen LogP contribution in [0.25, 0.3) is 21.9 Å². The molecule has 15 heteroatoms. The topological polar surface area (TPSA) is 176 Å². The van der Waals surface area contributed by atoms with E-state index in [1.54, 1.807) is 25.1 Å². The van der Waals surface area contributed by atoms with E-state index in [1.807, 2.05) is 45.0 Å². The first-order valence-electron chi connectivity index (χ1n) is 14.8. The number of aromatic nitrogens is 4. The summed E-state index contributed by atoms with van der Waals surface area (Å²) in [6, 6.07) is 11.5. The van der Waals surface area contributed by atoms with Crippen LogP contribution in [0.2, 0.25) is 0 Å². The van der Waals surface area contributed by atoms with Gasteiger partial charge in [0.15, 0.2) is 17.4 Å². The van der Waals surface area contributed by atoms with Crippen molar-refractivity contribution in [3.8, 4) is 11.6 Å². The van der Waals surface area contributed by atoms with Crippen LogP contribution in [-0.4, -0.2) is 79.9 Å². The van der Waals surface area contributed by atoms with E-state index in [0.717, 1.165) is 5.39 Å². The normalized spacial score (nSPS) is 23.7. The van der Waals surface area contributed by atoms with Crippen LogP contribution in [0.1, 0.15) is 46.7 Å². The molecule has 0 bridgehead atoms. The number of hydrogen-bond donors (Lipinski definition) is 3. The molecule has 0 saturated carbocycles. The fraction of sp³-hybridized carbons (Fsp3) is 0.484. The monoisotopic (exact) mass is 657 g/mol. The number of aliphatic hydroxyl groups excluding tert-OH is 1. The minimum Gasteiger partial charge on any atom is -0.479 e. The van der Waals surface area contributed by atoms with Gasteiger partial charge >= 0.3 is 13.7 Å². The minimum absolute atomic E-state index is 0.144. The third-order valence-electron chi connectivity index (χ3n) is 7.43. The molecule has 1 fully saturated rings. The maximum absolute atomic E-state index is 14.4. The van der Waals surface area contributed by atoms with Gasteiger partial charge in [-0.1, -0.05) is 57.2 Å². The molecule has 1 aliphatic rings. The van der Waals surface area contributed by atoms with Crippen LogP contribution in [0.5, 0.6) is 11.6 Å². The Morgan fingerprint density at radius 1 is 1.20 bits per heavy atom. The largest absolute Gasteiger partial charge is 0.479 e. The molecule has 2 aromatic heterocycles. The van der Waals surface area contributed by atoms with Gasteiger partial charge in [-0.15, -0.1) is 0 Å². The van der Waals surface area contributed by atoms with E-state index in [2.05, 4.69) is 20.0 Å². The van der Waals surface area contributed by atoms with Crippen molar-refractivity contribution in [3.05, 3.63) is 54.6 Å².